The molecular weight excluding hydrogens is 309 g/mol. The molecule has 1 atom stereocenters. The van der Waals surface area contributed by atoms with Crippen LogP contribution in [0.2, 0.25) is 0 Å². The summed E-state index contributed by atoms with van der Waals surface area (Å²) in [5.41, 5.74) is 6.37. The fourth-order valence-corrected chi connectivity index (χ4v) is 2.50. The van der Waals surface area contributed by atoms with Gasteiger partial charge in [-0.05, 0) is 42.3 Å². The van der Waals surface area contributed by atoms with Gasteiger partial charge >= 0.3 is 0 Å². The molecule has 2 N–H and O–H groups in total. The van der Waals surface area contributed by atoms with Crippen LogP contribution in [0, 0.1) is 5.82 Å². The Bertz CT molecular complexity index is 749. The van der Waals surface area contributed by atoms with Gasteiger partial charge in [-0.25, -0.2) is 4.39 Å². The summed E-state index contributed by atoms with van der Waals surface area (Å²) in [6.07, 6.45) is 6.96. The maximum Gasteiger partial charge on any atom is 0.246 e. The number of likely N-dealkylation sites (tertiary alicyclic amines) is 1. The summed E-state index contributed by atoms with van der Waals surface area (Å²) in [5, 5.41) is 0. The topological polar surface area (TPSA) is 68.5 Å². The summed E-state index contributed by atoms with van der Waals surface area (Å²) < 4.78 is 19.6. The highest BCUT2D eigenvalue weighted by atomic mass is 19.1. The Labute approximate surface area is 139 Å². The van der Waals surface area contributed by atoms with Gasteiger partial charge in [-0.15, -0.1) is 0 Å². The molecule has 1 fully saturated rings. The molecule has 2 aromatic rings. The minimum atomic E-state index is -0.503. The Hall–Kier alpha value is -2.73. The molecule has 124 valence electrons. The van der Waals surface area contributed by atoms with E-state index in [0.29, 0.717) is 24.4 Å². The number of carbonyl (C=O) groups excluding carboxylic acids is 1. The summed E-state index contributed by atoms with van der Waals surface area (Å²) in [6, 6.07) is 7.99. The van der Waals surface area contributed by atoms with Gasteiger partial charge in [-0.3, -0.25) is 9.78 Å². The van der Waals surface area contributed by atoms with E-state index in [2.05, 4.69) is 4.98 Å². The minimum absolute atomic E-state index is 0.0451. The molecule has 0 bridgehead atoms. The van der Waals surface area contributed by atoms with Crippen LogP contribution >= 0.6 is 0 Å². The van der Waals surface area contributed by atoms with Crippen LogP contribution in [-0.2, 0) is 4.79 Å². The van der Waals surface area contributed by atoms with E-state index in [1.807, 2.05) is 0 Å². The predicted octanol–water partition coefficient (Wildman–Crippen LogP) is 2.59. The number of pyridine rings is 1. The van der Waals surface area contributed by atoms with Crippen molar-refractivity contribution in [2.45, 2.75) is 12.5 Å². The fourth-order valence-electron chi connectivity index (χ4n) is 2.50. The van der Waals surface area contributed by atoms with Crippen LogP contribution in [0.5, 0.6) is 11.5 Å². The largest absolute Gasteiger partial charge is 0.453 e. The van der Waals surface area contributed by atoms with Crippen molar-refractivity contribution >= 4 is 12.0 Å². The lowest BCUT2D eigenvalue weighted by Crippen LogP contribution is -2.30. The van der Waals surface area contributed by atoms with Crippen molar-refractivity contribution in [3.63, 3.8) is 0 Å². The van der Waals surface area contributed by atoms with Crippen LogP contribution in [0.1, 0.15) is 12.0 Å². The maximum atomic E-state index is 14.1. The molecule has 2 heterocycles. The standard InChI is InChI=1S/C18H18FN3O2/c19-16-10-13(4-6-18(23)22-9-7-14(20)12-22)3-5-17(16)24-15-2-1-8-21-11-15/h1-6,8,10-11,14H,7,9,12,20H2/b6-4+. The summed E-state index contributed by atoms with van der Waals surface area (Å²) in [7, 11) is 0. The van der Waals surface area contributed by atoms with Crippen LogP contribution < -0.4 is 10.5 Å². The number of nitrogens with two attached hydrogens (primary N) is 1. The smallest absolute Gasteiger partial charge is 0.246 e. The Morgan fingerprint density at radius 2 is 2.29 bits per heavy atom. The average molecular weight is 327 g/mol. The van der Waals surface area contributed by atoms with Crippen LogP contribution in [-0.4, -0.2) is 34.9 Å². The molecule has 6 heteroatoms. The third-order valence-electron chi connectivity index (χ3n) is 3.77. The van der Waals surface area contributed by atoms with Gasteiger partial charge in [0.25, 0.3) is 0 Å². The number of nitrogens with zero attached hydrogens (tertiary/aromatic N) is 2. The monoisotopic (exact) mass is 327 g/mol. The summed E-state index contributed by atoms with van der Waals surface area (Å²) in [4.78, 5) is 17.6. The third-order valence-corrected chi connectivity index (χ3v) is 3.77. The zero-order valence-corrected chi connectivity index (χ0v) is 13.1. The Balaban J connectivity index is 1.66. The van der Waals surface area contributed by atoms with E-state index in [-0.39, 0.29) is 17.7 Å². The number of carbonyl (C=O) groups is 1. The highest BCUT2D eigenvalue weighted by Crippen LogP contribution is 2.24. The number of ether oxygens (including phenoxy) is 1. The number of rotatable bonds is 4. The number of hydrogen-bond donors (Lipinski definition) is 1. The molecule has 0 spiro atoms. The maximum absolute atomic E-state index is 14.1. The molecule has 1 amide bonds. The van der Waals surface area contributed by atoms with Gasteiger partial charge in [-0.2, -0.15) is 0 Å². The first-order chi connectivity index (χ1) is 11.6. The molecule has 0 aliphatic carbocycles. The number of halogens is 1. The lowest BCUT2D eigenvalue weighted by Gasteiger charge is -2.12. The molecule has 0 radical (unpaired) electrons. The van der Waals surface area contributed by atoms with Crippen molar-refractivity contribution in [1.29, 1.82) is 0 Å². The van der Waals surface area contributed by atoms with Crippen LogP contribution in [0.4, 0.5) is 4.39 Å². The third kappa shape index (κ3) is 3.97. The molecule has 24 heavy (non-hydrogen) atoms. The average Bonchev–Trinajstić information content (AvgIpc) is 3.02. The van der Waals surface area contributed by atoms with E-state index in [1.165, 1.54) is 24.4 Å². The first kappa shape index (κ1) is 16.1. The number of amides is 1. The Kier molecular flexibility index (Phi) is 4.86. The lowest BCUT2D eigenvalue weighted by molar-refractivity contribution is -0.124. The van der Waals surface area contributed by atoms with Gasteiger partial charge in [0.15, 0.2) is 11.6 Å². The van der Waals surface area contributed by atoms with E-state index in [1.54, 1.807) is 35.4 Å². The van der Waals surface area contributed by atoms with Crippen molar-refractivity contribution in [3.8, 4) is 11.5 Å². The molecule has 1 aromatic heterocycles. The zero-order valence-electron chi connectivity index (χ0n) is 13.1. The van der Waals surface area contributed by atoms with E-state index in [4.69, 9.17) is 10.5 Å². The number of aromatic nitrogens is 1. The second-order valence-electron chi connectivity index (χ2n) is 5.65. The van der Waals surface area contributed by atoms with Gasteiger partial charge in [-0.1, -0.05) is 6.07 Å². The van der Waals surface area contributed by atoms with Gasteiger partial charge in [0, 0.05) is 31.4 Å². The summed E-state index contributed by atoms with van der Waals surface area (Å²) in [6.45, 7) is 1.23. The second kappa shape index (κ2) is 7.23. The normalized spacial score (nSPS) is 17.4. The fraction of sp³-hybridized carbons (Fsp3) is 0.222. The van der Waals surface area contributed by atoms with Crippen molar-refractivity contribution in [3.05, 3.63) is 60.2 Å². The highest BCUT2D eigenvalue weighted by molar-refractivity contribution is 5.92. The van der Waals surface area contributed by atoms with Crippen molar-refractivity contribution in [2.75, 3.05) is 13.1 Å². The van der Waals surface area contributed by atoms with E-state index in [9.17, 15) is 9.18 Å². The highest BCUT2D eigenvalue weighted by Gasteiger charge is 2.21. The molecule has 1 unspecified atom stereocenters. The first-order valence-corrected chi connectivity index (χ1v) is 7.72. The van der Waals surface area contributed by atoms with Crippen LogP contribution in [0.3, 0.4) is 0 Å². The molecule has 0 saturated carbocycles. The molecule has 1 aliphatic rings. The van der Waals surface area contributed by atoms with Gasteiger partial charge in [0.05, 0.1) is 6.20 Å². The summed E-state index contributed by atoms with van der Waals surface area (Å²) in [5.74, 6) is -0.0482. The quantitative estimate of drug-likeness (QED) is 0.877. The zero-order chi connectivity index (χ0) is 16.9. The number of hydrogen-bond acceptors (Lipinski definition) is 4. The predicted molar refractivity (Wildman–Crippen MR) is 88.9 cm³/mol. The van der Waals surface area contributed by atoms with Crippen molar-refractivity contribution < 1.29 is 13.9 Å². The molecule has 1 saturated heterocycles. The van der Waals surface area contributed by atoms with Crippen LogP contribution in [0.25, 0.3) is 6.08 Å². The van der Waals surface area contributed by atoms with Crippen LogP contribution in [0.15, 0.2) is 48.8 Å². The minimum Gasteiger partial charge on any atom is -0.453 e. The Morgan fingerprint density at radius 3 is 2.96 bits per heavy atom. The van der Waals surface area contributed by atoms with Gasteiger partial charge in [0.1, 0.15) is 5.75 Å². The van der Waals surface area contributed by atoms with E-state index < -0.39 is 5.82 Å². The second-order valence-corrected chi connectivity index (χ2v) is 5.65. The lowest BCUT2D eigenvalue weighted by atomic mass is 10.2. The molecule has 3 rings (SSSR count). The van der Waals surface area contributed by atoms with Crippen molar-refractivity contribution in [2.24, 2.45) is 5.73 Å². The molecule has 5 nitrogen and oxygen atoms in total. The number of benzene rings is 1. The molecule has 1 aromatic carbocycles. The summed E-state index contributed by atoms with van der Waals surface area (Å²) >= 11 is 0. The first-order valence-electron chi connectivity index (χ1n) is 7.72. The SMILES string of the molecule is NC1CCN(C(=O)/C=C/c2ccc(Oc3cccnc3)c(F)c2)C1. The molecular formula is C18H18FN3O2. The Morgan fingerprint density at radius 1 is 1.42 bits per heavy atom. The van der Waals surface area contributed by atoms with E-state index in [0.717, 1.165) is 6.42 Å². The van der Waals surface area contributed by atoms with E-state index >= 15 is 0 Å². The van der Waals surface area contributed by atoms with Gasteiger partial charge in [0.2, 0.25) is 5.91 Å². The molecule has 1 aliphatic heterocycles. The van der Waals surface area contributed by atoms with Crippen molar-refractivity contribution in [1.82, 2.24) is 9.88 Å². The van der Waals surface area contributed by atoms with Gasteiger partial charge < -0.3 is 15.4 Å².